The Morgan fingerprint density at radius 1 is 1.14 bits per heavy atom. The molecule has 1 saturated heterocycles. The number of halogens is 1. The van der Waals surface area contributed by atoms with E-state index in [4.69, 9.17) is 4.74 Å². The van der Waals surface area contributed by atoms with Crippen LogP contribution in [0.5, 0.6) is 0 Å². The van der Waals surface area contributed by atoms with Gasteiger partial charge in [-0.1, -0.05) is 12.1 Å². The maximum absolute atomic E-state index is 13.1. The number of ether oxygens (including phenoxy) is 1. The maximum Gasteiger partial charge on any atom is 0.251 e. The number of aryl methyl sites for hydroxylation is 1. The molecular formula is C23H28FN3O2. The topological polar surface area (TPSA) is 44.8 Å². The largest absolute Gasteiger partial charge is 0.379 e. The lowest BCUT2D eigenvalue weighted by atomic mass is 9.95. The number of nitrogens with one attached hydrogen (secondary N) is 1. The molecular weight excluding hydrogens is 369 g/mol. The highest BCUT2D eigenvalue weighted by Crippen LogP contribution is 2.31. The number of amides is 1. The van der Waals surface area contributed by atoms with Crippen LogP contribution in [0.2, 0.25) is 0 Å². The Balaban J connectivity index is 1.53. The van der Waals surface area contributed by atoms with Crippen LogP contribution in [0.15, 0.2) is 42.5 Å². The lowest BCUT2D eigenvalue weighted by Gasteiger charge is -2.36. The van der Waals surface area contributed by atoms with E-state index >= 15 is 0 Å². The zero-order valence-corrected chi connectivity index (χ0v) is 16.9. The number of fused-ring (bicyclic) bond motifs is 1. The number of carbonyl (C=O) groups is 1. The van der Waals surface area contributed by atoms with Crippen molar-refractivity contribution in [3.05, 3.63) is 65.0 Å². The Morgan fingerprint density at radius 2 is 1.90 bits per heavy atom. The molecule has 0 aliphatic carbocycles. The molecule has 1 N–H and O–H groups in total. The van der Waals surface area contributed by atoms with Crippen LogP contribution >= 0.6 is 0 Å². The number of hydrogen-bond donors (Lipinski definition) is 1. The van der Waals surface area contributed by atoms with Gasteiger partial charge in [0.2, 0.25) is 0 Å². The summed E-state index contributed by atoms with van der Waals surface area (Å²) in [4.78, 5) is 17.3. The Morgan fingerprint density at radius 3 is 2.66 bits per heavy atom. The molecule has 2 aromatic rings. The predicted molar refractivity (Wildman–Crippen MR) is 112 cm³/mol. The molecule has 2 aromatic carbocycles. The molecule has 0 bridgehead atoms. The van der Waals surface area contributed by atoms with E-state index in [-0.39, 0.29) is 17.8 Å². The van der Waals surface area contributed by atoms with Crippen molar-refractivity contribution in [1.29, 1.82) is 0 Å². The molecule has 0 spiro atoms. The van der Waals surface area contributed by atoms with Crippen LogP contribution in [0.3, 0.4) is 0 Å². The van der Waals surface area contributed by atoms with Gasteiger partial charge in [0.25, 0.3) is 5.91 Å². The summed E-state index contributed by atoms with van der Waals surface area (Å²) < 4.78 is 18.7. The van der Waals surface area contributed by atoms with E-state index in [9.17, 15) is 9.18 Å². The Labute approximate surface area is 171 Å². The quantitative estimate of drug-likeness (QED) is 0.843. The summed E-state index contributed by atoms with van der Waals surface area (Å²) in [5.74, 6) is -0.521. The molecule has 0 radical (unpaired) electrons. The highest BCUT2D eigenvalue weighted by molar-refractivity contribution is 5.94. The first-order chi connectivity index (χ1) is 14.1. The van der Waals surface area contributed by atoms with Gasteiger partial charge in [-0.2, -0.15) is 0 Å². The van der Waals surface area contributed by atoms with Crippen LogP contribution in [0.1, 0.15) is 33.9 Å². The van der Waals surface area contributed by atoms with Crippen LogP contribution in [-0.2, 0) is 11.2 Å². The predicted octanol–water partition coefficient (Wildman–Crippen LogP) is 3.01. The SMILES string of the molecule is CN1CCCc2cc([C@H](CNC(=O)c3ccc(F)cc3)N3CCOCC3)ccc21. The van der Waals surface area contributed by atoms with Gasteiger partial charge >= 0.3 is 0 Å². The summed E-state index contributed by atoms with van der Waals surface area (Å²) in [5.41, 5.74) is 4.37. The molecule has 0 unspecified atom stereocenters. The number of rotatable bonds is 5. The van der Waals surface area contributed by atoms with Gasteiger partial charge < -0.3 is 15.0 Å². The first kappa shape index (κ1) is 19.9. The first-order valence-electron chi connectivity index (χ1n) is 10.3. The van der Waals surface area contributed by atoms with E-state index in [0.717, 1.165) is 32.5 Å². The summed E-state index contributed by atoms with van der Waals surface area (Å²) in [6, 6.07) is 12.4. The molecule has 4 rings (SSSR count). The van der Waals surface area contributed by atoms with Crippen LogP contribution in [0.25, 0.3) is 0 Å². The van der Waals surface area contributed by atoms with Gasteiger partial charge in [0.1, 0.15) is 5.82 Å². The van der Waals surface area contributed by atoms with Gasteiger partial charge in [-0.15, -0.1) is 0 Å². The summed E-state index contributed by atoms with van der Waals surface area (Å²) >= 11 is 0. The van der Waals surface area contributed by atoms with Crippen LogP contribution < -0.4 is 10.2 Å². The minimum Gasteiger partial charge on any atom is -0.379 e. The molecule has 29 heavy (non-hydrogen) atoms. The standard InChI is InChI=1S/C23H28FN3O2/c1-26-10-2-3-18-15-19(6-9-21(18)26)22(27-11-13-29-14-12-27)16-25-23(28)17-4-7-20(24)8-5-17/h4-9,15,22H,2-3,10-14,16H2,1H3,(H,25,28)/t22-/m0/s1. The van der Waals surface area contributed by atoms with E-state index < -0.39 is 0 Å². The van der Waals surface area contributed by atoms with Crippen molar-refractivity contribution < 1.29 is 13.9 Å². The third-order valence-corrected chi connectivity index (χ3v) is 5.89. The van der Waals surface area contributed by atoms with Crippen LogP contribution in [-0.4, -0.2) is 57.2 Å². The number of morpholine rings is 1. The second kappa shape index (κ2) is 8.93. The highest BCUT2D eigenvalue weighted by atomic mass is 19.1. The molecule has 2 aliphatic rings. The van der Waals surface area contributed by atoms with Crippen molar-refractivity contribution in [2.24, 2.45) is 0 Å². The number of benzene rings is 2. The maximum atomic E-state index is 13.1. The molecule has 1 atom stereocenters. The Kier molecular flexibility index (Phi) is 6.11. The van der Waals surface area contributed by atoms with Crippen LogP contribution in [0, 0.1) is 5.82 Å². The molecule has 0 aromatic heterocycles. The molecule has 1 amide bonds. The van der Waals surface area contributed by atoms with Gasteiger partial charge in [-0.3, -0.25) is 9.69 Å². The third-order valence-electron chi connectivity index (χ3n) is 5.89. The zero-order valence-electron chi connectivity index (χ0n) is 16.9. The number of carbonyl (C=O) groups excluding carboxylic acids is 1. The number of anilines is 1. The van der Waals surface area contributed by atoms with Gasteiger partial charge in [-0.05, 0) is 54.3 Å². The fourth-order valence-electron chi connectivity index (χ4n) is 4.25. The van der Waals surface area contributed by atoms with E-state index in [1.807, 2.05) is 0 Å². The number of hydrogen-bond acceptors (Lipinski definition) is 4. The van der Waals surface area contributed by atoms with Crippen molar-refractivity contribution in [1.82, 2.24) is 10.2 Å². The lowest BCUT2D eigenvalue weighted by molar-refractivity contribution is 0.0162. The van der Waals surface area contributed by atoms with Crippen LogP contribution in [0.4, 0.5) is 10.1 Å². The van der Waals surface area contributed by atoms with E-state index in [1.165, 1.54) is 41.1 Å². The Bertz CT molecular complexity index is 850. The van der Waals surface area contributed by atoms with Crippen molar-refractivity contribution in [3.8, 4) is 0 Å². The van der Waals surface area contributed by atoms with E-state index in [1.54, 1.807) is 0 Å². The average molecular weight is 397 g/mol. The first-order valence-corrected chi connectivity index (χ1v) is 10.3. The van der Waals surface area contributed by atoms with Gasteiger partial charge in [-0.25, -0.2) is 4.39 Å². The fraction of sp³-hybridized carbons (Fsp3) is 0.435. The summed E-state index contributed by atoms with van der Waals surface area (Å²) in [6.45, 7) is 4.69. The second-order valence-electron chi connectivity index (χ2n) is 7.79. The molecule has 2 heterocycles. The molecule has 5 nitrogen and oxygen atoms in total. The zero-order chi connectivity index (χ0) is 20.2. The fourth-order valence-corrected chi connectivity index (χ4v) is 4.25. The van der Waals surface area contributed by atoms with Crippen molar-refractivity contribution in [2.45, 2.75) is 18.9 Å². The lowest BCUT2D eigenvalue weighted by Crippen LogP contribution is -2.44. The summed E-state index contributed by atoms with van der Waals surface area (Å²) in [6.07, 6.45) is 2.25. The minimum absolute atomic E-state index is 0.0841. The number of nitrogens with zero attached hydrogens (tertiary/aromatic N) is 2. The molecule has 6 heteroatoms. The summed E-state index contributed by atoms with van der Waals surface area (Å²) in [5, 5.41) is 3.05. The minimum atomic E-state index is -0.341. The van der Waals surface area contributed by atoms with Gasteiger partial charge in [0, 0.05) is 44.5 Å². The highest BCUT2D eigenvalue weighted by Gasteiger charge is 2.25. The molecule has 154 valence electrons. The third kappa shape index (κ3) is 4.60. The second-order valence-corrected chi connectivity index (χ2v) is 7.79. The molecule has 2 aliphatic heterocycles. The monoisotopic (exact) mass is 397 g/mol. The van der Waals surface area contributed by atoms with Gasteiger partial charge in [0.15, 0.2) is 0 Å². The Hall–Kier alpha value is -2.44. The van der Waals surface area contributed by atoms with Crippen molar-refractivity contribution >= 4 is 11.6 Å². The molecule has 0 saturated carbocycles. The van der Waals surface area contributed by atoms with E-state index in [2.05, 4.69) is 40.4 Å². The van der Waals surface area contributed by atoms with Gasteiger partial charge in [0.05, 0.1) is 19.3 Å². The normalized spacial score (nSPS) is 18.2. The van der Waals surface area contributed by atoms with Crippen molar-refractivity contribution in [2.75, 3.05) is 51.3 Å². The summed E-state index contributed by atoms with van der Waals surface area (Å²) in [7, 11) is 2.14. The van der Waals surface area contributed by atoms with E-state index in [0.29, 0.717) is 25.3 Å². The molecule has 1 fully saturated rings. The average Bonchev–Trinajstić information content (AvgIpc) is 2.75. The van der Waals surface area contributed by atoms with Crippen molar-refractivity contribution in [3.63, 3.8) is 0 Å². The smallest absolute Gasteiger partial charge is 0.251 e.